The van der Waals surface area contributed by atoms with E-state index in [4.69, 9.17) is 4.74 Å². The van der Waals surface area contributed by atoms with Crippen LogP contribution >= 0.6 is 0 Å². The average molecular weight is 186 g/mol. The molecule has 0 aliphatic rings. The molecular formula is C10H18O3. The number of hydrogen-bond donors (Lipinski definition) is 1. The highest BCUT2D eigenvalue weighted by Gasteiger charge is 2.14. The van der Waals surface area contributed by atoms with E-state index in [0.717, 1.165) is 0 Å². The normalized spacial score (nSPS) is 14.9. The molecule has 0 unspecified atom stereocenters. The van der Waals surface area contributed by atoms with Gasteiger partial charge in [0, 0.05) is 13.0 Å². The Hall–Kier alpha value is -0.640. The zero-order chi connectivity index (χ0) is 10.1. The smallest absolute Gasteiger partial charge is 0.146 e. The minimum absolute atomic E-state index is 0.00866. The van der Waals surface area contributed by atoms with E-state index < -0.39 is 6.10 Å². The van der Waals surface area contributed by atoms with E-state index in [9.17, 15) is 5.11 Å². The number of hydrogen-bond acceptors (Lipinski definition) is 3. The Morgan fingerprint density at radius 1 is 1.46 bits per heavy atom. The van der Waals surface area contributed by atoms with Crippen molar-refractivity contribution in [1.29, 1.82) is 0 Å². The predicted octanol–water partition coefficient (Wildman–Crippen LogP) is 1.35. The summed E-state index contributed by atoms with van der Waals surface area (Å²) < 4.78 is 9.71. The molecule has 1 N–H and O–H groups in total. The average Bonchev–Trinajstić information content (AvgIpc) is 2.14. The van der Waals surface area contributed by atoms with Crippen LogP contribution in [0.25, 0.3) is 0 Å². The van der Waals surface area contributed by atoms with Crippen LogP contribution in [0, 0.1) is 5.92 Å². The Morgan fingerprint density at radius 3 is 2.62 bits per heavy atom. The fraction of sp³-hybridized carbons (Fsp3) is 0.600. The Bertz CT molecular complexity index is 145. The molecule has 3 nitrogen and oxygen atoms in total. The Morgan fingerprint density at radius 2 is 2.15 bits per heavy atom. The largest absolute Gasteiger partial charge is 0.390 e. The van der Waals surface area contributed by atoms with Crippen LogP contribution in [-0.2, 0) is 9.47 Å². The molecule has 0 heterocycles. The van der Waals surface area contributed by atoms with Gasteiger partial charge >= 0.3 is 0 Å². The summed E-state index contributed by atoms with van der Waals surface area (Å²) >= 11 is 0. The zero-order valence-electron chi connectivity index (χ0n) is 8.11. The summed E-state index contributed by atoms with van der Waals surface area (Å²) in [6.07, 6.45) is 3.64. The van der Waals surface area contributed by atoms with Gasteiger partial charge in [-0.1, -0.05) is 12.2 Å². The van der Waals surface area contributed by atoms with Crippen LogP contribution in [0.1, 0.15) is 6.42 Å². The zero-order valence-corrected chi connectivity index (χ0v) is 8.11. The van der Waals surface area contributed by atoms with Crippen molar-refractivity contribution < 1.29 is 14.6 Å². The van der Waals surface area contributed by atoms with Crippen LogP contribution in [-0.4, -0.2) is 31.7 Å². The van der Waals surface area contributed by atoms with E-state index in [1.165, 1.54) is 0 Å². The minimum atomic E-state index is -0.536. The molecule has 0 aromatic carbocycles. The fourth-order valence-corrected chi connectivity index (χ4v) is 0.979. The van der Waals surface area contributed by atoms with Crippen LogP contribution < -0.4 is 0 Å². The van der Waals surface area contributed by atoms with Gasteiger partial charge in [0.15, 0.2) is 0 Å². The summed E-state index contributed by atoms with van der Waals surface area (Å²) in [5.41, 5.74) is 0. The Labute approximate surface area is 79.7 Å². The van der Waals surface area contributed by atoms with Gasteiger partial charge in [0.2, 0.25) is 0 Å². The lowest BCUT2D eigenvalue weighted by molar-refractivity contribution is -0.0688. The second-order valence-corrected chi connectivity index (χ2v) is 2.77. The van der Waals surface area contributed by atoms with Crippen molar-refractivity contribution in [2.75, 3.05) is 20.5 Å². The maximum atomic E-state index is 9.57. The lowest BCUT2D eigenvalue weighted by Crippen LogP contribution is -2.24. The van der Waals surface area contributed by atoms with E-state index in [-0.39, 0.29) is 19.3 Å². The highest BCUT2D eigenvalue weighted by Crippen LogP contribution is 2.11. The van der Waals surface area contributed by atoms with Crippen molar-refractivity contribution in [3.05, 3.63) is 25.3 Å². The van der Waals surface area contributed by atoms with Gasteiger partial charge in [-0.2, -0.15) is 0 Å². The molecule has 3 heteroatoms. The lowest BCUT2D eigenvalue weighted by atomic mass is 9.99. The summed E-state index contributed by atoms with van der Waals surface area (Å²) in [5, 5.41) is 9.57. The monoisotopic (exact) mass is 186 g/mol. The molecule has 76 valence electrons. The maximum absolute atomic E-state index is 9.57. The van der Waals surface area contributed by atoms with Gasteiger partial charge in [-0.15, -0.1) is 13.2 Å². The highest BCUT2D eigenvalue weighted by molar-refractivity contribution is 4.89. The van der Waals surface area contributed by atoms with Crippen molar-refractivity contribution in [2.45, 2.75) is 12.5 Å². The third-order valence-corrected chi connectivity index (χ3v) is 1.73. The van der Waals surface area contributed by atoms with Gasteiger partial charge in [0.25, 0.3) is 0 Å². The number of aliphatic hydroxyl groups is 1. The molecule has 0 saturated carbocycles. The summed E-state index contributed by atoms with van der Waals surface area (Å²) in [4.78, 5) is 0. The molecule has 0 amide bonds. The number of aliphatic hydroxyl groups excluding tert-OH is 1. The van der Waals surface area contributed by atoms with Gasteiger partial charge in [-0.3, -0.25) is 0 Å². The standard InChI is InChI=1S/C10H18O3/c1-4-6-9(5-2)10(11)7-13-8-12-3/h4-5,9-11H,1-2,6-8H2,3H3/t9-,10-/m1/s1. The second-order valence-electron chi connectivity index (χ2n) is 2.77. The molecular weight excluding hydrogens is 168 g/mol. The van der Waals surface area contributed by atoms with Crippen LogP contribution in [0.5, 0.6) is 0 Å². The minimum Gasteiger partial charge on any atom is -0.390 e. The molecule has 0 aromatic rings. The van der Waals surface area contributed by atoms with Gasteiger partial charge in [-0.25, -0.2) is 0 Å². The third-order valence-electron chi connectivity index (χ3n) is 1.73. The predicted molar refractivity (Wildman–Crippen MR) is 52.3 cm³/mol. The Balaban J connectivity index is 3.69. The van der Waals surface area contributed by atoms with E-state index in [2.05, 4.69) is 17.9 Å². The van der Waals surface area contributed by atoms with Crippen molar-refractivity contribution in [2.24, 2.45) is 5.92 Å². The molecule has 0 rings (SSSR count). The van der Waals surface area contributed by atoms with Crippen molar-refractivity contribution in [3.8, 4) is 0 Å². The molecule has 0 spiro atoms. The van der Waals surface area contributed by atoms with E-state index in [0.29, 0.717) is 6.42 Å². The SMILES string of the molecule is C=CC[C@@H](C=C)[C@H](O)COCOC. The summed E-state index contributed by atoms with van der Waals surface area (Å²) in [6.45, 7) is 7.70. The molecule has 0 aliphatic heterocycles. The number of ether oxygens (including phenoxy) is 2. The maximum Gasteiger partial charge on any atom is 0.146 e. The van der Waals surface area contributed by atoms with Gasteiger partial charge in [0.1, 0.15) is 6.79 Å². The molecule has 0 radical (unpaired) electrons. The van der Waals surface area contributed by atoms with Crippen LogP contribution in [0.15, 0.2) is 25.3 Å². The summed E-state index contributed by atoms with van der Waals surface area (Å²) in [6, 6.07) is 0. The third kappa shape index (κ3) is 5.58. The number of methoxy groups -OCH3 is 1. The molecule has 2 atom stereocenters. The first-order valence-electron chi connectivity index (χ1n) is 4.24. The van der Waals surface area contributed by atoms with E-state index in [1.807, 2.05) is 0 Å². The summed E-state index contributed by atoms with van der Waals surface area (Å²) in [7, 11) is 1.54. The first-order chi connectivity index (χ1) is 6.26. The topological polar surface area (TPSA) is 38.7 Å². The number of allylic oxidation sites excluding steroid dienone is 1. The summed E-state index contributed by atoms with van der Waals surface area (Å²) in [5.74, 6) is 0.00866. The first kappa shape index (κ1) is 12.4. The molecule has 0 aliphatic carbocycles. The van der Waals surface area contributed by atoms with Gasteiger partial charge < -0.3 is 14.6 Å². The first-order valence-corrected chi connectivity index (χ1v) is 4.24. The van der Waals surface area contributed by atoms with Gasteiger partial charge in [0.05, 0.1) is 12.7 Å². The van der Waals surface area contributed by atoms with Crippen LogP contribution in [0.2, 0.25) is 0 Å². The molecule has 0 saturated heterocycles. The van der Waals surface area contributed by atoms with E-state index in [1.54, 1.807) is 19.3 Å². The van der Waals surface area contributed by atoms with Crippen molar-refractivity contribution in [1.82, 2.24) is 0 Å². The molecule has 0 aromatic heterocycles. The highest BCUT2D eigenvalue weighted by atomic mass is 16.7. The van der Waals surface area contributed by atoms with Crippen molar-refractivity contribution in [3.63, 3.8) is 0 Å². The molecule has 0 bridgehead atoms. The second kappa shape index (κ2) is 7.98. The Kier molecular flexibility index (Phi) is 7.59. The lowest BCUT2D eigenvalue weighted by Gasteiger charge is -2.17. The fourth-order valence-electron chi connectivity index (χ4n) is 0.979. The van der Waals surface area contributed by atoms with E-state index >= 15 is 0 Å². The van der Waals surface area contributed by atoms with Crippen LogP contribution in [0.4, 0.5) is 0 Å². The quantitative estimate of drug-likeness (QED) is 0.353. The molecule has 13 heavy (non-hydrogen) atoms. The van der Waals surface area contributed by atoms with Crippen LogP contribution in [0.3, 0.4) is 0 Å². The van der Waals surface area contributed by atoms with Gasteiger partial charge in [-0.05, 0) is 6.42 Å². The van der Waals surface area contributed by atoms with Crippen molar-refractivity contribution >= 4 is 0 Å². The number of rotatable bonds is 8. The molecule has 0 fully saturated rings.